The van der Waals surface area contributed by atoms with E-state index in [4.69, 9.17) is 4.74 Å². The Balaban J connectivity index is 1.46. The van der Waals surface area contributed by atoms with E-state index in [0.29, 0.717) is 11.5 Å². The monoisotopic (exact) mass is 351 g/mol. The number of fused-ring (bicyclic) bond motifs is 1. The van der Waals surface area contributed by atoms with Crippen molar-refractivity contribution in [3.63, 3.8) is 0 Å². The lowest BCUT2D eigenvalue weighted by Crippen LogP contribution is -2.08. The summed E-state index contributed by atoms with van der Waals surface area (Å²) < 4.78 is 6.78. The van der Waals surface area contributed by atoms with E-state index >= 15 is 0 Å². The van der Waals surface area contributed by atoms with Gasteiger partial charge in [-0.3, -0.25) is 0 Å². The summed E-state index contributed by atoms with van der Waals surface area (Å²) in [5.74, 6) is -0.244. The van der Waals surface area contributed by atoms with Gasteiger partial charge in [-0.1, -0.05) is 30.3 Å². The highest BCUT2D eigenvalue weighted by molar-refractivity contribution is 7.13. The maximum absolute atomic E-state index is 12.2. The van der Waals surface area contributed by atoms with Gasteiger partial charge in [-0.15, -0.1) is 16.4 Å². The molecule has 7 nitrogen and oxygen atoms in total. The van der Waals surface area contributed by atoms with Gasteiger partial charge in [0.1, 0.15) is 11.6 Å². The van der Waals surface area contributed by atoms with E-state index in [1.54, 1.807) is 12.3 Å². The lowest BCUT2D eigenvalue weighted by Gasteiger charge is -1.99. The van der Waals surface area contributed by atoms with Gasteiger partial charge >= 0.3 is 5.97 Å². The van der Waals surface area contributed by atoms with Crippen LogP contribution in [0.5, 0.6) is 0 Å². The van der Waals surface area contributed by atoms with Crippen LogP contribution in [0.2, 0.25) is 0 Å². The molecule has 0 saturated carbocycles. The van der Waals surface area contributed by atoms with Crippen LogP contribution in [-0.4, -0.2) is 30.5 Å². The average Bonchev–Trinajstić information content (AvgIpc) is 3.28. The molecule has 0 atom stereocenters. The van der Waals surface area contributed by atoms with Crippen molar-refractivity contribution in [1.82, 2.24) is 24.6 Å². The number of nitrogens with zero attached hydrogens (tertiary/aromatic N) is 5. The highest BCUT2D eigenvalue weighted by Gasteiger charge is 2.16. The first-order valence-electron chi connectivity index (χ1n) is 7.56. The molecule has 0 radical (unpaired) electrons. The molecule has 0 aliphatic rings. The third-order valence-electron chi connectivity index (χ3n) is 3.54. The van der Waals surface area contributed by atoms with E-state index in [-0.39, 0.29) is 12.4 Å². The molecule has 8 heteroatoms. The molecule has 3 aromatic heterocycles. The zero-order valence-corrected chi connectivity index (χ0v) is 14.1. The van der Waals surface area contributed by atoms with Gasteiger partial charge in [0, 0.05) is 22.8 Å². The predicted octanol–water partition coefficient (Wildman–Crippen LogP) is 2.91. The number of hydrogen-bond acceptors (Lipinski definition) is 7. The number of benzene rings is 1. The second-order valence-electron chi connectivity index (χ2n) is 5.32. The Bertz CT molecular complexity index is 1040. The minimum atomic E-state index is -0.598. The molecular weight excluding hydrogens is 338 g/mol. The summed E-state index contributed by atoms with van der Waals surface area (Å²) in [5, 5.41) is 6.89. The van der Waals surface area contributed by atoms with Crippen molar-refractivity contribution in [3.8, 4) is 10.6 Å². The van der Waals surface area contributed by atoms with Gasteiger partial charge in [0.25, 0.3) is 11.6 Å². The summed E-state index contributed by atoms with van der Waals surface area (Å²) in [6.45, 7) is 1.93. The molecule has 0 N–H and O–H groups in total. The van der Waals surface area contributed by atoms with Crippen LogP contribution in [0.15, 0.2) is 48.0 Å². The molecule has 0 aliphatic carbocycles. The summed E-state index contributed by atoms with van der Waals surface area (Å²) >= 11 is 1.51. The van der Waals surface area contributed by atoms with Gasteiger partial charge in [0.15, 0.2) is 0 Å². The summed E-state index contributed by atoms with van der Waals surface area (Å²) in [4.78, 5) is 24.8. The number of aromatic nitrogens is 5. The highest BCUT2D eigenvalue weighted by Crippen LogP contribution is 2.23. The van der Waals surface area contributed by atoms with Crippen LogP contribution in [0.1, 0.15) is 22.0 Å². The Morgan fingerprint density at radius 3 is 2.84 bits per heavy atom. The highest BCUT2D eigenvalue weighted by atomic mass is 32.1. The molecule has 0 aliphatic heterocycles. The zero-order valence-electron chi connectivity index (χ0n) is 13.3. The van der Waals surface area contributed by atoms with Crippen molar-refractivity contribution in [3.05, 3.63) is 65.2 Å². The summed E-state index contributed by atoms with van der Waals surface area (Å²) in [7, 11) is 0. The molecule has 0 saturated heterocycles. The third kappa shape index (κ3) is 3.11. The predicted molar refractivity (Wildman–Crippen MR) is 92.2 cm³/mol. The van der Waals surface area contributed by atoms with Gasteiger partial charge in [0.2, 0.25) is 0 Å². The van der Waals surface area contributed by atoms with Crippen LogP contribution in [0.4, 0.5) is 0 Å². The summed E-state index contributed by atoms with van der Waals surface area (Å²) in [6.07, 6.45) is 1.62. The first-order chi connectivity index (χ1) is 12.2. The molecule has 0 unspecified atom stereocenters. The molecule has 4 rings (SSSR count). The van der Waals surface area contributed by atoms with Gasteiger partial charge in [-0.2, -0.15) is 4.98 Å². The maximum atomic E-state index is 12.2. The van der Waals surface area contributed by atoms with Crippen molar-refractivity contribution in [2.24, 2.45) is 0 Å². The second kappa shape index (κ2) is 6.40. The van der Waals surface area contributed by atoms with Crippen molar-refractivity contribution in [2.75, 3.05) is 0 Å². The topological polar surface area (TPSA) is 82.3 Å². The summed E-state index contributed by atoms with van der Waals surface area (Å²) in [5.41, 5.74) is 2.56. The van der Waals surface area contributed by atoms with Gasteiger partial charge < -0.3 is 4.74 Å². The molecule has 124 valence electrons. The van der Waals surface area contributed by atoms with Crippen LogP contribution < -0.4 is 0 Å². The standard InChI is InChI=1S/C17H13N5O2S/c1-11-7-8-18-17-20-14(21-22(11)17)16(23)24-9-13-10-25-15(19-13)12-5-3-2-4-6-12/h2-8,10H,9H2,1H3. The number of rotatable bonds is 4. The molecule has 0 bridgehead atoms. The van der Waals surface area contributed by atoms with Crippen LogP contribution >= 0.6 is 11.3 Å². The fourth-order valence-corrected chi connectivity index (χ4v) is 3.09. The first-order valence-corrected chi connectivity index (χ1v) is 8.44. The Labute approximate surface area is 147 Å². The van der Waals surface area contributed by atoms with Crippen LogP contribution in [0, 0.1) is 6.92 Å². The molecule has 3 heterocycles. The Hall–Kier alpha value is -3.13. The number of aryl methyl sites for hydroxylation is 1. The number of esters is 1. The van der Waals surface area contributed by atoms with Crippen LogP contribution in [0.3, 0.4) is 0 Å². The number of ether oxygens (including phenoxy) is 1. The third-order valence-corrected chi connectivity index (χ3v) is 4.48. The minimum Gasteiger partial charge on any atom is -0.453 e. The van der Waals surface area contributed by atoms with Crippen molar-refractivity contribution in [2.45, 2.75) is 13.5 Å². The van der Waals surface area contributed by atoms with E-state index in [0.717, 1.165) is 16.3 Å². The normalized spacial score (nSPS) is 10.9. The van der Waals surface area contributed by atoms with Crippen molar-refractivity contribution >= 4 is 23.1 Å². The van der Waals surface area contributed by atoms with Gasteiger partial charge in [0.05, 0.1) is 5.69 Å². The lowest BCUT2D eigenvalue weighted by molar-refractivity contribution is 0.0454. The van der Waals surface area contributed by atoms with Crippen LogP contribution in [-0.2, 0) is 11.3 Å². The maximum Gasteiger partial charge on any atom is 0.378 e. The molecule has 0 fully saturated rings. The molecule has 4 aromatic rings. The number of thiazole rings is 1. The summed E-state index contributed by atoms with van der Waals surface area (Å²) in [6, 6.07) is 11.6. The Kier molecular flexibility index (Phi) is 3.95. The second-order valence-corrected chi connectivity index (χ2v) is 6.18. The van der Waals surface area contributed by atoms with E-state index in [9.17, 15) is 4.79 Å². The molecular formula is C17H13N5O2S. The molecule has 25 heavy (non-hydrogen) atoms. The molecule has 0 spiro atoms. The zero-order chi connectivity index (χ0) is 17.2. The number of carbonyl (C=O) groups excluding carboxylic acids is 1. The van der Waals surface area contributed by atoms with Gasteiger partial charge in [-0.05, 0) is 13.0 Å². The minimum absolute atomic E-state index is 0.0136. The number of hydrogen-bond donors (Lipinski definition) is 0. The van der Waals surface area contributed by atoms with E-state index in [2.05, 4.69) is 20.1 Å². The van der Waals surface area contributed by atoms with E-state index in [1.165, 1.54) is 15.9 Å². The number of carbonyl (C=O) groups is 1. The van der Waals surface area contributed by atoms with Crippen molar-refractivity contribution in [1.29, 1.82) is 0 Å². The van der Waals surface area contributed by atoms with Gasteiger partial charge in [-0.25, -0.2) is 19.3 Å². The molecule has 0 amide bonds. The average molecular weight is 351 g/mol. The van der Waals surface area contributed by atoms with E-state index in [1.807, 2.05) is 42.6 Å². The molecule has 1 aromatic carbocycles. The van der Waals surface area contributed by atoms with Crippen LogP contribution in [0.25, 0.3) is 16.3 Å². The SMILES string of the molecule is Cc1ccnc2nc(C(=O)OCc3csc(-c4ccccc4)n3)nn12. The first kappa shape index (κ1) is 15.4. The Morgan fingerprint density at radius 2 is 2.04 bits per heavy atom. The fourth-order valence-electron chi connectivity index (χ4n) is 2.28. The Morgan fingerprint density at radius 1 is 1.20 bits per heavy atom. The smallest absolute Gasteiger partial charge is 0.378 e. The van der Waals surface area contributed by atoms with E-state index < -0.39 is 5.97 Å². The fraction of sp³-hybridized carbons (Fsp3) is 0.118. The quantitative estimate of drug-likeness (QED) is 0.526. The largest absolute Gasteiger partial charge is 0.453 e. The lowest BCUT2D eigenvalue weighted by atomic mass is 10.2. The van der Waals surface area contributed by atoms with Crippen molar-refractivity contribution < 1.29 is 9.53 Å².